The van der Waals surface area contributed by atoms with E-state index in [1.807, 2.05) is 32.0 Å². The van der Waals surface area contributed by atoms with Gasteiger partial charge in [0, 0.05) is 11.0 Å². The van der Waals surface area contributed by atoms with Gasteiger partial charge in [-0.05, 0) is 37.0 Å². The molecule has 2 heterocycles. The monoisotopic (exact) mass is 408 g/mol. The standard InChI is InChI=1S/C17H21BrN4O3/c1-9(2)14(21-17(24)25)16(23)22-7-3-4-13(22)15-19-11-6-5-10(18)8-12(11)20-15/h5-6,8-9,13-14,21H,3-4,7H2,1-2H3,(H,19,20)(H,24,25). The van der Waals surface area contributed by atoms with Gasteiger partial charge in [-0.1, -0.05) is 29.8 Å². The van der Waals surface area contributed by atoms with Gasteiger partial charge >= 0.3 is 6.09 Å². The summed E-state index contributed by atoms with van der Waals surface area (Å²) in [6.07, 6.45) is 0.496. The van der Waals surface area contributed by atoms with Gasteiger partial charge in [-0.25, -0.2) is 9.78 Å². The molecule has 2 amide bonds. The number of carboxylic acid groups (broad SMARTS) is 1. The maximum atomic E-state index is 12.9. The largest absolute Gasteiger partial charge is 0.465 e. The number of hydrogen-bond acceptors (Lipinski definition) is 3. The number of H-pyrrole nitrogens is 1. The molecule has 0 bridgehead atoms. The smallest absolute Gasteiger partial charge is 0.405 e. The zero-order valence-corrected chi connectivity index (χ0v) is 15.7. The van der Waals surface area contributed by atoms with Crippen LogP contribution in [-0.4, -0.2) is 44.6 Å². The molecule has 3 N–H and O–H groups in total. The van der Waals surface area contributed by atoms with Gasteiger partial charge in [-0.3, -0.25) is 4.79 Å². The second kappa shape index (κ2) is 7.03. The Morgan fingerprint density at radius 1 is 1.44 bits per heavy atom. The van der Waals surface area contributed by atoms with Crippen LogP contribution >= 0.6 is 15.9 Å². The Hall–Kier alpha value is -2.09. The zero-order valence-electron chi connectivity index (χ0n) is 14.1. The molecule has 3 rings (SSSR count). The van der Waals surface area contributed by atoms with Gasteiger partial charge in [-0.2, -0.15) is 0 Å². The maximum absolute atomic E-state index is 12.9. The van der Waals surface area contributed by atoms with E-state index < -0.39 is 12.1 Å². The molecule has 7 nitrogen and oxygen atoms in total. The second-order valence-corrected chi connectivity index (χ2v) is 7.56. The van der Waals surface area contributed by atoms with Crippen LogP contribution in [0.1, 0.15) is 38.6 Å². The van der Waals surface area contributed by atoms with E-state index in [4.69, 9.17) is 5.11 Å². The van der Waals surface area contributed by atoms with Crippen molar-refractivity contribution in [1.29, 1.82) is 0 Å². The lowest BCUT2D eigenvalue weighted by Crippen LogP contribution is -2.50. The molecule has 1 aliphatic heterocycles. The number of halogens is 1. The first kappa shape index (κ1) is 17.7. The lowest BCUT2D eigenvalue weighted by molar-refractivity contribution is -0.135. The molecule has 2 aromatic rings. The molecule has 1 aromatic carbocycles. The van der Waals surface area contributed by atoms with Crippen molar-refractivity contribution >= 4 is 39.0 Å². The molecule has 0 spiro atoms. The van der Waals surface area contributed by atoms with Gasteiger partial charge in [0.25, 0.3) is 0 Å². The maximum Gasteiger partial charge on any atom is 0.405 e. The first-order valence-corrected chi connectivity index (χ1v) is 9.11. The van der Waals surface area contributed by atoms with Crippen LogP contribution in [0.3, 0.4) is 0 Å². The summed E-state index contributed by atoms with van der Waals surface area (Å²) in [4.78, 5) is 33.6. The van der Waals surface area contributed by atoms with E-state index >= 15 is 0 Å². The quantitative estimate of drug-likeness (QED) is 0.722. The van der Waals surface area contributed by atoms with Crippen molar-refractivity contribution in [3.63, 3.8) is 0 Å². The summed E-state index contributed by atoms with van der Waals surface area (Å²) in [5.41, 5.74) is 1.76. The third-order valence-corrected chi connectivity index (χ3v) is 5.02. The van der Waals surface area contributed by atoms with Crippen LogP contribution in [0.2, 0.25) is 0 Å². The number of rotatable bonds is 4. The molecule has 1 saturated heterocycles. The summed E-state index contributed by atoms with van der Waals surface area (Å²) in [6, 6.07) is 4.89. The van der Waals surface area contributed by atoms with E-state index in [2.05, 4.69) is 31.2 Å². The average Bonchev–Trinajstić information content (AvgIpc) is 3.17. The van der Waals surface area contributed by atoms with Gasteiger partial charge in [0.15, 0.2) is 0 Å². The van der Waals surface area contributed by atoms with E-state index in [0.717, 1.165) is 34.2 Å². The van der Waals surface area contributed by atoms with Crippen LogP contribution in [0, 0.1) is 5.92 Å². The van der Waals surface area contributed by atoms with Gasteiger partial charge in [0.2, 0.25) is 5.91 Å². The highest BCUT2D eigenvalue weighted by atomic mass is 79.9. The Balaban J connectivity index is 1.87. The van der Waals surface area contributed by atoms with Gasteiger partial charge in [-0.15, -0.1) is 0 Å². The second-order valence-electron chi connectivity index (χ2n) is 6.64. The predicted octanol–water partition coefficient (Wildman–Crippen LogP) is 3.28. The molecule has 1 aliphatic rings. The third kappa shape index (κ3) is 3.63. The average molecular weight is 409 g/mol. The molecule has 2 unspecified atom stereocenters. The number of likely N-dealkylation sites (tertiary alicyclic amines) is 1. The van der Waals surface area contributed by atoms with Gasteiger partial charge < -0.3 is 20.3 Å². The molecule has 8 heteroatoms. The van der Waals surface area contributed by atoms with Crippen LogP contribution in [0.4, 0.5) is 4.79 Å². The Labute approximate surface area is 153 Å². The highest BCUT2D eigenvalue weighted by molar-refractivity contribution is 9.10. The van der Waals surface area contributed by atoms with Crippen molar-refractivity contribution in [2.75, 3.05) is 6.54 Å². The van der Waals surface area contributed by atoms with Gasteiger partial charge in [0.05, 0.1) is 17.1 Å². The fourth-order valence-electron chi connectivity index (χ4n) is 3.30. The Bertz CT molecular complexity index is 804. The fourth-order valence-corrected chi connectivity index (χ4v) is 3.66. The molecule has 134 valence electrons. The number of amides is 2. The van der Waals surface area contributed by atoms with E-state index in [1.165, 1.54) is 0 Å². The first-order chi connectivity index (χ1) is 11.9. The molecular formula is C17H21BrN4O3. The molecule has 1 aromatic heterocycles. The predicted molar refractivity (Wildman–Crippen MR) is 97.3 cm³/mol. The first-order valence-electron chi connectivity index (χ1n) is 8.32. The molecule has 0 saturated carbocycles. The Kier molecular flexibility index (Phi) is 4.99. The van der Waals surface area contributed by atoms with E-state index in [-0.39, 0.29) is 17.9 Å². The minimum atomic E-state index is -1.18. The SMILES string of the molecule is CC(C)C(NC(=O)O)C(=O)N1CCCC1c1nc2ccc(Br)cc2[nH]1. The number of nitrogens with one attached hydrogen (secondary N) is 2. The topological polar surface area (TPSA) is 98.3 Å². The number of carbonyl (C=O) groups is 2. The zero-order chi connectivity index (χ0) is 18.1. The molecule has 1 fully saturated rings. The normalized spacial score (nSPS) is 18.7. The molecule has 25 heavy (non-hydrogen) atoms. The van der Waals surface area contributed by atoms with Crippen molar-refractivity contribution in [1.82, 2.24) is 20.2 Å². The summed E-state index contributed by atoms with van der Waals surface area (Å²) in [7, 11) is 0. The van der Waals surface area contributed by atoms with Crippen molar-refractivity contribution in [3.05, 3.63) is 28.5 Å². The highest BCUT2D eigenvalue weighted by Crippen LogP contribution is 2.33. The Morgan fingerprint density at radius 3 is 2.88 bits per heavy atom. The van der Waals surface area contributed by atoms with Gasteiger partial charge in [0.1, 0.15) is 11.9 Å². The number of fused-ring (bicyclic) bond motifs is 1. The number of benzene rings is 1. The number of hydrogen-bond donors (Lipinski definition) is 3. The summed E-state index contributed by atoms with van der Waals surface area (Å²) in [6.45, 7) is 4.28. The molecule has 0 aliphatic carbocycles. The summed E-state index contributed by atoms with van der Waals surface area (Å²) < 4.78 is 0.958. The van der Waals surface area contributed by atoms with Crippen LogP contribution in [0.15, 0.2) is 22.7 Å². The summed E-state index contributed by atoms with van der Waals surface area (Å²) in [5, 5.41) is 11.4. The number of carbonyl (C=O) groups excluding carboxylic acids is 1. The van der Waals surface area contributed by atoms with E-state index in [1.54, 1.807) is 4.90 Å². The minimum Gasteiger partial charge on any atom is -0.465 e. The molecule has 2 atom stereocenters. The molecule has 0 radical (unpaired) electrons. The van der Waals surface area contributed by atoms with Crippen LogP contribution < -0.4 is 5.32 Å². The highest BCUT2D eigenvalue weighted by Gasteiger charge is 2.37. The Morgan fingerprint density at radius 2 is 2.20 bits per heavy atom. The van der Waals surface area contributed by atoms with Crippen molar-refractivity contribution < 1.29 is 14.7 Å². The van der Waals surface area contributed by atoms with Crippen molar-refractivity contribution in [2.45, 2.75) is 38.8 Å². The number of aromatic amines is 1. The lowest BCUT2D eigenvalue weighted by Gasteiger charge is -2.29. The van der Waals surface area contributed by atoms with Crippen molar-refractivity contribution in [3.8, 4) is 0 Å². The lowest BCUT2D eigenvalue weighted by atomic mass is 10.0. The van der Waals surface area contributed by atoms with Crippen LogP contribution in [-0.2, 0) is 4.79 Å². The van der Waals surface area contributed by atoms with Crippen LogP contribution in [0.5, 0.6) is 0 Å². The number of imidazole rings is 1. The van der Waals surface area contributed by atoms with E-state index in [9.17, 15) is 9.59 Å². The van der Waals surface area contributed by atoms with Crippen LogP contribution in [0.25, 0.3) is 11.0 Å². The number of nitrogens with zero attached hydrogens (tertiary/aromatic N) is 2. The fraction of sp³-hybridized carbons (Fsp3) is 0.471. The minimum absolute atomic E-state index is 0.128. The van der Waals surface area contributed by atoms with Crippen molar-refractivity contribution in [2.24, 2.45) is 5.92 Å². The third-order valence-electron chi connectivity index (χ3n) is 4.53. The van der Waals surface area contributed by atoms with E-state index in [0.29, 0.717) is 6.54 Å². The molecular weight excluding hydrogens is 388 g/mol. The number of aromatic nitrogens is 2. The summed E-state index contributed by atoms with van der Waals surface area (Å²) >= 11 is 3.44. The summed E-state index contributed by atoms with van der Waals surface area (Å²) in [5.74, 6) is 0.426.